The van der Waals surface area contributed by atoms with Crippen LogP contribution in [0.4, 0.5) is 0 Å². The molecule has 0 N–H and O–H groups in total. The molecular formula is C46H37N3. The lowest BCUT2D eigenvalue weighted by Gasteiger charge is -2.29. The van der Waals surface area contributed by atoms with Gasteiger partial charge in [0.2, 0.25) is 0 Å². The highest BCUT2D eigenvalue weighted by atomic mass is 15.1. The molecule has 236 valence electrons. The maximum Gasteiger partial charge on any atom is 0.159 e. The van der Waals surface area contributed by atoms with E-state index in [2.05, 4.69) is 154 Å². The molecule has 0 spiro atoms. The fourth-order valence-corrected chi connectivity index (χ4v) is 9.27. The lowest BCUT2D eigenvalue weighted by atomic mass is 9.76. The summed E-state index contributed by atoms with van der Waals surface area (Å²) in [7, 11) is 0. The second kappa shape index (κ2) is 9.99. The Morgan fingerprint density at radius 1 is 0.592 bits per heavy atom. The van der Waals surface area contributed by atoms with Gasteiger partial charge in [0.15, 0.2) is 5.82 Å². The van der Waals surface area contributed by atoms with E-state index in [1.807, 2.05) is 6.07 Å². The molecule has 3 nitrogen and oxygen atoms in total. The van der Waals surface area contributed by atoms with E-state index in [4.69, 9.17) is 9.97 Å². The van der Waals surface area contributed by atoms with Crippen LogP contribution in [0.25, 0.3) is 61.5 Å². The number of hydrogen-bond acceptors (Lipinski definition) is 2. The Labute approximate surface area is 287 Å². The van der Waals surface area contributed by atoms with Gasteiger partial charge in [0.05, 0.1) is 28.8 Å². The molecule has 10 rings (SSSR count). The molecule has 3 aliphatic rings. The molecule has 3 heteroatoms. The minimum absolute atomic E-state index is 0.112. The fourth-order valence-electron chi connectivity index (χ4n) is 9.27. The van der Waals surface area contributed by atoms with Gasteiger partial charge in [-0.05, 0) is 75.1 Å². The molecule has 0 unspecified atom stereocenters. The van der Waals surface area contributed by atoms with Crippen molar-refractivity contribution in [3.8, 4) is 39.5 Å². The summed E-state index contributed by atoms with van der Waals surface area (Å²) >= 11 is 0. The lowest BCUT2D eigenvalue weighted by molar-refractivity contribution is 0.661. The van der Waals surface area contributed by atoms with Gasteiger partial charge in [-0.15, -0.1) is 0 Å². The summed E-state index contributed by atoms with van der Waals surface area (Å²) in [5.74, 6) is 0.736. The minimum atomic E-state index is -0.153. The van der Waals surface area contributed by atoms with E-state index in [9.17, 15) is 0 Å². The smallest absolute Gasteiger partial charge is 0.159 e. The van der Waals surface area contributed by atoms with Crippen molar-refractivity contribution < 1.29 is 0 Å². The van der Waals surface area contributed by atoms with Crippen LogP contribution in [0.15, 0.2) is 128 Å². The van der Waals surface area contributed by atoms with Crippen LogP contribution in [0.2, 0.25) is 0 Å². The van der Waals surface area contributed by atoms with Crippen molar-refractivity contribution in [3.63, 3.8) is 0 Å². The van der Waals surface area contributed by atoms with Gasteiger partial charge >= 0.3 is 0 Å². The molecule has 2 heterocycles. The van der Waals surface area contributed by atoms with Gasteiger partial charge < -0.3 is 4.57 Å². The number of rotatable bonds is 3. The van der Waals surface area contributed by atoms with Crippen molar-refractivity contribution in [3.05, 3.63) is 161 Å². The zero-order valence-corrected chi connectivity index (χ0v) is 28.4. The van der Waals surface area contributed by atoms with E-state index in [1.54, 1.807) is 0 Å². The number of allylic oxidation sites excluding steroid dienone is 2. The first-order chi connectivity index (χ1) is 23.8. The van der Waals surface area contributed by atoms with Crippen LogP contribution in [-0.2, 0) is 17.3 Å². The van der Waals surface area contributed by atoms with Crippen molar-refractivity contribution in [2.75, 3.05) is 0 Å². The van der Waals surface area contributed by atoms with Crippen LogP contribution in [0.1, 0.15) is 67.6 Å². The molecule has 0 radical (unpaired) electrons. The Kier molecular flexibility index (Phi) is 5.81. The molecule has 0 atom stereocenters. The zero-order chi connectivity index (χ0) is 33.1. The van der Waals surface area contributed by atoms with Gasteiger partial charge in [0, 0.05) is 27.3 Å². The van der Waals surface area contributed by atoms with Crippen LogP contribution in [-0.4, -0.2) is 14.5 Å². The highest BCUT2D eigenvalue weighted by Gasteiger charge is 2.44. The summed E-state index contributed by atoms with van der Waals surface area (Å²) in [5, 5.41) is 1.34. The highest BCUT2D eigenvalue weighted by Crippen LogP contribution is 2.58. The van der Waals surface area contributed by atoms with Gasteiger partial charge in [0.1, 0.15) is 0 Å². The first-order valence-corrected chi connectivity index (χ1v) is 17.5. The molecule has 0 aliphatic heterocycles. The van der Waals surface area contributed by atoms with Crippen molar-refractivity contribution >= 4 is 22.0 Å². The number of hydrogen-bond donors (Lipinski definition) is 0. The maximum absolute atomic E-state index is 5.37. The number of fused-ring (bicyclic) bond motifs is 9. The van der Waals surface area contributed by atoms with E-state index in [-0.39, 0.29) is 10.8 Å². The van der Waals surface area contributed by atoms with Gasteiger partial charge in [-0.25, -0.2) is 9.97 Å². The van der Waals surface area contributed by atoms with Crippen LogP contribution in [0.3, 0.4) is 0 Å². The van der Waals surface area contributed by atoms with Crippen LogP contribution in [0, 0.1) is 0 Å². The van der Waals surface area contributed by atoms with Crippen LogP contribution in [0.5, 0.6) is 0 Å². The van der Waals surface area contributed by atoms with E-state index < -0.39 is 0 Å². The van der Waals surface area contributed by atoms with Crippen molar-refractivity contribution in [1.29, 1.82) is 0 Å². The Bertz CT molecular complexity index is 2530. The van der Waals surface area contributed by atoms with E-state index in [1.165, 1.54) is 66.7 Å². The van der Waals surface area contributed by atoms with E-state index >= 15 is 0 Å². The first-order valence-electron chi connectivity index (χ1n) is 17.5. The predicted molar refractivity (Wildman–Crippen MR) is 202 cm³/mol. The summed E-state index contributed by atoms with van der Waals surface area (Å²) in [5.41, 5.74) is 19.0. The minimum Gasteiger partial charge on any atom is -0.306 e. The topological polar surface area (TPSA) is 30.7 Å². The second-order valence-electron chi connectivity index (χ2n) is 14.9. The Morgan fingerprint density at radius 2 is 1.22 bits per heavy atom. The van der Waals surface area contributed by atoms with Gasteiger partial charge in [-0.3, -0.25) is 0 Å². The Balaban J connectivity index is 1.34. The molecule has 0 amide bonds. The predicted octanol–water partition coefficient (Wildman–Crippen LogP) is 11.2. The largest absolute Gasteiger partial charge is 0.306 e. The average Bonchev–Trinajstić information content (AvgIpc) is 3.68. The third-order valence-corrected chi connectivity index (χ3v) is 11.6. The number of aryl methyl sites for hydroxylation is 1. The first kappa shape index (κ1) is 28.5. The normalized spacial score (nSPS) is 16.2. The molecule has 49 heavy (non-hydrogen) atoms. The molecule has 0 saturated heterocycles. The Morgan fingerprint density at radius 3 is 1.96 bits per heavy atom. The standard InChI is InChI=1S/C46H37N3/c1-45(2)36-21-13-12-20-31(36)34-25-35-33-24-23-32-30-19-11-14-22-37(30)46(3,4)41(32)43(33)49(39(35)26-38(34)45)40-27-47-44(29-17-9-6-10-18-29)48-42(40)28-15-7-5-8-16-28/h5-22,25-27H,23-24H2,1-4H3. The molecule has 3 aliphatic carbocycles. The van der Waals surface area contributed by atoms with Crippen LogP contribution < -0.4 is 0 Å². The molecule has 2 aromatic heterocycles. The third-order valence-electron chi connectivity index (χ3n) is 11.6. The monoisotopic (exact) mass is 631 g/mol. The fraction of sp³-hybridized carbons (Fsp3) is 0.174. The summed E-state index contributed by atoms with van der Waals surface area (Å²) in [6.07, 6.45) is 4.11. The molecule has 0 fully saturated rings. The van der Waals surface area contributed by atoms with Crippen molar-refractivity contribution in [2.45, 2.75) is 51.4 Å². The SMILES string of the molecule is CC1(C)C2=C(CCc3c2n(-c2cnc(-c4ccccc4)nc2-c2ccccc2)c2cc4c(cc32)-c2ccccc2C4(C)C)c2ccccc21. The summed E-state index contributed by atoms with van der Waals surface area (Å²) in [6, 6.07) is 44.0. The highest BCUT2D eigenvalue weighted by molar-refractivity contribution is 6.08. The number of aromatic nitrogens is 3. The van der Waals surface area contributed by atoms with E-state index in [0.29, 0.717) is 0 Å². The summed E-state index contributed by atoms with van der Waals surface area (Å²) in [4.78, 5) is 10.5. The van der Waals surface area contributed by atoms with Crippen LogP contribution >= 0.6 is 0 Å². The third kappa shape index (κ3) is 3.84. The molecule has 0 bridgehead atoms. The zero-order valence-electron chi connectivity index (χ0n) is 28.4. The summed E-state index contributed by atoms with van der Waals surface area (Å²) in [6.45, 7) is 9.58. The maximum atomic E-state index is 5.37. The lowest BCUT2D eigenvalue weighted by Crippen LogP contribution is -2.20. The van der Waals surface area contributed by atoms with Crippen molar-refractivity contribution in [2.24, 2.45) is 0 Å². The molecule has 5 aromatic carbocycles. The summed E-state index contributed by atoms with van der Waals surface area (Å²) < 4.78 is 2.54. The molecular weight excluding hydrogens is 595 g/mol. The van der Waals surface area contributed by atoms with E-state index in [0.717, 1.165) is 41.2 Å². The second-order valence-corrected chi connectivity index (χ2v) is 14.9. The van der Waals surface area contributed by atoms with Gasteiger partial charge in [0.25, 0.3) is 0 Å². The Hall–Kier alpha value is -5.54. The molecule has 7 aromatic rings. The van der Waals surface area contributed by atoms with Gasteiger partial charge in [-0.2, -0.15) is 0 Å². The molecule has 0 saturated carbocycles. The van der Waals surface area contributed by atoms with Crippen molar-refractivity contribution in [1.82, 2.24) is 14.5 Å². The average molecular weight is 632 g/mol. The number of nitrogens with zero attached hydrogens (tertiary/aromatic N) is 3. The number of benzene rings is 5. The van der Waals surface area contributed by atoms with Gasteiger partial charge in [-0.1, -0.05) is 137 Å². The quantitative estimate of drug-likeness (QED) is 0.194.